The van der Waals surface area contributed by atoms with Crippen molar-refractivity contribution in [1.82, 2.24) is 4.31 Å². The van der Waals surface area contributed by atoms with Crippen molar-refractivity contribution >= 4 is 38.0 Å². The van der Waals surface area contributed by atoms with Crippen LogP contribution in [0.25, 0.3) is 0 Å². The predicted molar refractivity (Wildman–Crippen MR) is 75.1 cm³/mol. The van der Waals surface area contributed by atoms with Gasteiger partial charge in [-0.3, -0.25) is 4.79 Å². The van der Waals surface area contributed by atoms with E-state index in [0.29, 0.717) is 4.31 Å². The van der Waals surface area contributed by atoms with Gasteiger partial charge in [-0.15, -0.1) is 0 Å². The van der Waals surface area contributed by atoms with E-state index in [1.165, 1.54) is 12.1 Å². The van der Waals surface area contributed by atoms with Crippen LogP contribution in [-0.2, 0) is 19.5 Å². The molecule has 1 aliphatic heterocycles. The van der Waals surface area contributed by atoms with Gasteiger partial charge < -0.3 is 9.47 Å². The van der Waals surface area contributed by atoms with Gasteiger partial charge in [-0.1, -0.05) is 6.07 Å². The molecule has 1 aromatic rings. The molecule has 9 heteroatoms. The SMILES string of the molecule is CC(C)OC(=O)OCN1C(=O)c2cccc(Br)c2S1(=O)=O. The van der Waals surface area contributed by atoms with E-state index in [4.69, 9.17) is 4.74 Å². The number of amides is 1. The molecule has 114 valence electrons. The third-order valence-corrected chi connectivity index (χ3v) is 5.33. The molecule has 1 amide bonds. The lowest BCUT2D eigenvalue weighted by Crippen LogP contribution is -2.33. The predicted octanol–water partition coefficient (Wildman–Crippen LogP) is 2.11. The zero-order valence-electron chi connectivity index (χ0n) is 11.2. The van der Waals surface area contributed by atoms with E-state index < -0.39 is 34.9 Å². The van der Waals surface area contributed by atoms with Crippen molar-refractivity contribution in [2.75, 3.05) is 6.73 Å². The van der Waals surface area contributed by atoms with Crippen LogP contribution in [0.3, 0.4) is 0 Å². The van der Waals surface area contributed by atoms with Crippen LogP contribution >= 0.6 is 15.9 Å². The largest absolute Gasteiger partial charge is 0.510 e. The molecule has 0 unspecified atom stereocenters. The van der Waals surface area contributed by atoms with Crippen molar-refractivity contribution in [1.29, 1.82) is 0 Å². The van der Waals surface area contributed by atoms with Crippen molar-refractivity contribution in [3.63, 3.8) is 0 Å². The van der Waals surface area contributed by atoms with Crippen LogP contribution in [0.1, 0.15) is 24.2 Å². The van der Waals surface area contributed by atoms with Gasteiger partial charge in [-0.25, -0.2) is 13.2 Å². The van der Waals surface area contributed by atoms with E-state index in [-0.39, 0.29) is 14.9 Å². The van der Waals surface area contributed by atoms with E-state index in [0.717, 1.165) is 0 Å². The molecule has 0 saturated heterocycles. The summed E-state index contributed by atoms with van der Waals surface area (Å²) in [4.78, 5) is 23.2. The summed E-state index contributed by atoms with van der Waals surface area (Å²) in [7, 11) is -4.05. The van der Waals surface area contributed by atoms with Gasteiger partial charge in [0.15, 0.2) is 6.73 Å². The maximum atomic E-state index is 12.3. The van der Waals surface area contributed by atoms with E-state index >= 15 is 0 Å². The molecular formula is C12H12BrNO6S. The molecule has 0 N–H and O–H groups in total. The second-order valence-electron chi connectivity index (χ2n) is 4.47. The Morgan fingerprint density at radius 3 is 2.62 bits per heavy atom. The fourth-order valence-corrected chi connectivity index (χ4v) is 4.22. The van der Waals surface area contributed by atoms with Gasteiger partial charge in [0.1, 0.15) is 4.90 Å². The number of ether oxygens (including phenoxy) is 2. The first-order chi connectivity index (χ1) is 9.75. The average molecular weight is 378 g/mol. The first-order valence-electron chi connectivity index (χ1n) is 5.94. The number of hydrogen-bond acceptors (Lipinski definition) is 6. The second kappa shape index (κ2) is 5.64. The molecule has 1 heterocycles. The summed E-state index contributed by atoms with van der Waals surface area (Å²) in [6.07, 6.45) is -1.45. The Kier molecular flexibility index (Phi) is 4.24. The van der Waals surface area contributed by atoms with E-state index in [2.05, 4.69) is 20.7 Å². The lowest BCUT2D eigenvalue weighted by atomic mass is 10.2. The van der Waals surface area contributed by atoms with Crippen LogP contribution in [0.2, 0.25) is 0 Å². The number of benzene rings is 1. The fraction of sp³-hybridized carbons (Fsp3) is 0.333. The van der Waals surface area contributed by atoms with Crippen molar-refractivity contribution in [3.8, 4) is 0 Å². The molecule has 7 nitrogen and oxygen atoms in total. The number of fused-ring (bicyclic) bond motifs is 1. The topological polar surface area (TPSA) is 90.0 Å². The zero-order valence-corrected chi connectivity index (χ0v) is 13.6. The smallest absolute Gasteiger partial charge is 0.432 e. The molecule has 0 bridgehead atoms. The Hall–Kier alpha value is -1.61. The maximum absolute atomic E-state index is 12.3. The molecular weight excluding hydrogens is 366 g/mol. The van der Waals surface area contributed by atoms with Crippen LogP contribution in [0.4, 0.5) is 4.79 Å². The van der Waals surface area contributed by atoms with Gasteiger partial charge in [0.05, 0.1) is 11.7 Å². The summed E-state index contributed by atoms with van der Waals surface area (Å²) in [5, 5.41) is 0. The number of nitrogens with zero attached hydrogens (tertiary/aromatic N) is 1. The van der Waals surface area contributed by atoms with Crippen molar-refractivity contribution in [2.45, 2.75) is 24.8 Å². The van der Waals surface area contributed by atoms with Crippen LogP contribution in [-0.4, -0.2) is 37.6 Å². The van der Waals surface area contributed by atoms with Crippen LogP contribution in [0.15, 0.2) is 27.6 Å². The lowest BCUT2D eigenvalue weighted by Gasteiger charge is -2.15. The Morgan fingerprint density at radius 1 is 1.38 bits per heavy atom. The molecule has 0 fully saturated rings. The highest BCUT2D eigenvalue weighted by molar-refractivity contribution is 9.10. The summed E-state index contributed by atoms with van der Waals surface area (Å²) in [6, 6.07) is 4.46. The minimum Gasteiger partial charge on any atom is -0.432 e. The number of hydrogen-bond donors (Lipinski definition) is 0. The third kappa shape index (κ3) is 2.88. The van der Waals surface area contributed by atoms with Gasteiger partial charge in [0.2, 0.25) is 0 Å². The van der Waals surface area contributed by atoms with Crippen LogP contribution < -0.4 is 0 Å². The number of carbonyl (C=O) groups is 2. The van der Waals surface area contributed by atoms with Crippen LogP contribution in [0.5, 0.6) is 0 Å². The van der Waals surface area contributed by atoms with Gasteiger partial charge in [0, 0.05) is 4.47 Å². The molecule has 21 heavy (non-hydrogen) atoms. The first kappa shape index (κ1) is 15.8. The summed E-state index contributed by atoms with van der Waals surface area (Å²) in [5.74, 6) is -0.747. The molecule has 0 aliphatic carbocycles. The summed E-state index contributed by atoms with van der Waals surface area (Å²) < 4.78 is 34.7. The van der Waals surface area contributed by atoms with Gasteiger partial charge in [-0.2, -0.15) is 4.31 Å². The number of carbonyl (C=O) groups excluding carboxylic acids is 2. The van der Waals surface area contributed by atoms with E-state index in [1.54, 1.807) is 19.9 Å². The van der Waals surface area contributed by atoms with Gasteiger partial charge in [0.25, 0.3) is 15.9 Å². The highest BCUT2D eigenvalue weighted by Crippen LogP contribution is 2.35. The molecule has 0 aromatic heterocycles. The zero-order chi connectivity index (χ0) is 15.8. The summed E-state index contributed by atoms with van der Waals surface area (Å²) in [6.45, 7) is 2.51. The fourth-order valence-electron chi connectivity index (χ4n) is 1.76. The summed E-state index contributed by atoms with van der Waals surface area (Å²) in [5.41, 5.74) is 0.0326. The highest BCUT2D eigenvalue weighted by atomic mass is 79.9. The van der Waals surface area contributed by atoms with E-state index in [1.807, 2.05) is 0 Å². The normalized spacial score (nSPS) is 16.0. The number of sulfonamides is 1. The minimum atomic E-state index is -4.05. The quantitative estimate of drug-likeness (QED) is 0.749. The molecule has 0 saturated carbocycles. The monoisotopic (exact) mass is 377 g/mol. The lowest BCUT2D eigenvalue weighted by molar-refractivity contribution is 0.0173. The Labute approximate surface area is 130 Å². The average Bonchev–Trinajstić information content (AvgIpc) is 2.55. The maximum Gasteiger partial charge on any atom is 0.510 e. The third-order valence-electron chi connectivity index (χ3n) is 2.60. The Morgan fingerprint density at radius 2 is 2.05 bits per heavy atom. The van der Waals surface area contributed by atoms with Crippen molar-refractivity contribution in [2.24, 2.45) is 0 Å². The highest BCUT2D eigenvalue weighted by Gasteiger charge is 2.43. The molecule has 0 atom stereocenters. The van der Waals surface area contributed by atoms with Crippen molar-refractivity contribution < 1.29 is 27.5 Å². The van der Waals surface area contributed by atoms with Gasteiger partial charge >= 0.3 is 6.16 Å². The Bertz CT molecular complexity index is 700. The molecule has 0 radical (unpaired) electrons. The minimum absolute atomic E-state index is 0.0326. The molecule has 0 spiro atoms. The van der Waals surface area contributed by atoms with Gasteiger partial charge in [-0.05, 0) is 41.9 Å². The molecule has 2 rings (SSSR count). The number of rotatable bonds is 3. The Balaban J connectivity index is 2.23. The van der Waals surface area contributed by atoms with Crippen molar-refractivity contribution in [3.05, 3.63) is 28.2 Å². The number of halogens is 1. The molecule has 1 aromatic carbocycles. The molecule has 1 aliphatic rings. The van der Waals surface area contributed by atoms with E-state index in [9.17, 15) is 18.0 Å². The first-order valence-corrected chi connectivity index (χ1v) is 8.17. The standard InChI is InChI=1S/C12H12BrNO6S/c1-7(2)20-12(16)19-6-14-11(15)8-4-3-5-9(13)10(8)21(14,17)18/h3-5,7H,6H2,1-2H3. The second-order valence-corrected chi connectivity index (χ2v) is 7.12. The van der Waals surface area contributed by atoms with Crippen LogP contribution in [0, 0.1) is 0 Å². The summed E-state index contributed by atoms with van der Waals surface area (Å²) >= 11 is 3.10.